The fourth-order valence-corrected chi connectivity index (χ4v) is 2.21. The van der Waals surface area contributed by atoms with Gasteiger partial charge < -0.3 is 4.55 Å². The van der Waals surface area contributed by atoms with E-state index >= 15 is 0 Å². The first-order valence-electron chi connectivity index (χ1n) is 6.22. The van der Waals surface area contributed by atoms with Crippen molar-refractivity contribution in [1.82, 2.24) is 20.2 Å². The van der Waals surface area contributed by atoms with Gasteiger partial charge in [0, 0.05) is 5.56 Å². The van der Waals surface area contributed by atoms with Crippen LogP contribution in [0.4, 0.5) is 0 Å². The zero-order valence-corrected chi connectivity index (χ0v) is 12.0. The molecular weight excluding hydrogens is 288 g/mol. The number of aryl methyl sites for hydroxylation is 1. The van der Waals surface area contributed by atoms with Crippen molar-refractivity contribution >= 4 is 11.1 Å². The minimum absolute atomic E-state index is 0.338. The molecule has 1 N–H and O–H groups in total. The maximum atomic E-state index is 10.9. The molecule has 0 fully saturated rings. The van der Waals surface area contributed by atoms with Gasteiger partial charge >= 0.3 is 0 Å². The average molecular weight is 300 g/mol. The summed E-state index contributed by atoms with van der Waals surface area (Å²) in [5, 5.41) is 12.3. The van der Waals surface area contributed by atoms with Gasteiger partial charge in [0.25, 0.3) is 0 Å². The Morgan fingerprint density at radius 2 is 1.71 bits per heavy atom. The van der Waals surface area contributed by atoms with Crippen LogP contribution in [0.2, 0.25) is 0 Å². The highest BCUT2D eigenvalue weighted by molar-refractivity contribution is 7.79. The Bertz CT molecular complexity index is 781. The van der Waals surface area contributed by atoms with Gasteiger partial charge in [-0.25, -0.2) is 4.21 Å². The van der Waals surface area contributed by atoms with Crippen LogP contribution in [-0.4, -0.2) is 29.0 Å². The normalized spacial score (nSPS) is 12.3. The maximum Gasteiger partial charge on any atom is 0.205 e. The predicted molar refractivity (Wildman–Crippen MR) is 78.4 cm³/mol. The van der Waals surface area contributed by atoms with Crippen molar-refractivity contribution in [1.29, 1.82) is 0 Å². The van der Waals surface area contributed by atoms with Gasteiger partial charge in [0.15, 0.2) is 11.1 Å². The molecule has 0 aliphatic rings. The van der Waals surface area contributed by atoms with E-state index in [1.807, 2.05) is 31.2 Å². The molecule has 0 bridgehead atoms. The molecule has 0 saturated carbocycles. The quantitative estimate of drug-likeness (QED) is 0.750. The van der Waals surface area contributed by atoms with E-state index in [9.17, 15) is 4.21 Å². The molecule has 1 atom stereocenters. The molecule has 2 aromatic carbocycles. The smallest absolute Gasteiger partial charge is 0.205 e. The molecule has 3 rings (SSSR count). The number of hydrogen-bond donors (Lipinski definition) is 1. The Kier molecular flexibility index (Phi) is 3.59. The number of aromatic nitrogens is 4. The zero-order valence-electron chi connectivity index (χ0n) is 11.2. The number of nitrogens with zero attached hydrogens (tertiary/aromatic N) is 4. The monoisotopic (exact) mass is 300 g/mol. The molecule has 0 amide bonds. The van der Waals surface area contributed by atoms with Crippen LogP contribution in [0.25, 0.3) is 17.1 Å². The second kappa shape index (κ2) is 5.55. The lowest BCUT2D eigenvalue weighted by Gasteiger charge is -1.99. The topological polar surface area (TPSA) is 80.9 Å². The first-order valence-corrected chi connectivity index (χ1v) is 7.32. The summed E-state index contributed by atoms with van der Waals surface area (Å²) in [4.78, 5) is 1.79. The van der Waals surface area contributed by atoms with Crippen molar-refractivity contribution < 1.29 is 8.76 Å². The Morgan fingerprint density at radius 3 is 2.33 bits per heavy atom. The van der Waals surface area contributed by atoms with Crippen molar-refractivity contribution in [3.05, 3.63) is 54.1 Å². The van der Waals surface area contributed by atoms with Crippen molar-refractivity contribution in [2.75, 3.05) is 0 Å². The van der Waals surface area contributed by atoms with Gasteiger partial charge in [-0.1, -0.05) is 17.7 Å². The van der Waals surface area contributed by atoms with Crippen molar-refractivity contribution in [2.24, 2.45) is 0 Å². The molecule has 3 aromatic rings. The Labute approximate surface area is 123 Å². The number of benzene rings is 2. The number of rotatable bonds is 3. The fourth-order valence-electron chi connectivity index (χ4n) is 1.84. The summed E-state index contributed by atoms with van der Waals surface area (Å²) >= 11 is -1.98. The number of hydrogen-bond acceptors (Lipinski definition) is 4. The Hall–Kier alpha value is -2.38. The van der Waals surface area contributed by atoms with E-state index in [-0.39, 0.29) is 0 Å². The third kappa shape index (κ3) is 2.88. The van der Waals surface area contributed by atoms with E-state index in [2.05, 4.69) is 15.4 Å². The third-order valence-electron chi connectivity index (χ3n) is 2.99. The minimum Gasteiger partial charge on any atom is -0.302 e. The largest absolute Gasteiger partial charge is 0.302 e. The zero-order chi connectivity index (χ0) is 14.8. The highest BCUT2D eigenvalue weighted by Crippen LogP contribution is 2.17. The lowest BCUT2D eigenvalue weighted by atomic mass is 10.2. The summed E-state index contributed by atoms with van der Waals surface area (Å²) in [6.07, 6.45) is 0. The minimum atomic E-state index is -1.98. The van der Waals surface area contributed by atoms with E-state index in [1.54, 1.807) is 24.3 Å². The summed E-state index contributed by atoms with van der Waals surface area (Å²) < 4.78 is 19.9. The molecule has 0 spiro atoms. The SMILES string of the molecule is Cc1ccc(-n2nnc(-c3ccc(S(=O)O)cc3)n2)cc1. The van der Waals surface area contributed by atoms with E-state index in [0.717, 1.165) is 16.8 Å². The van der Waals surface area contributed by atoms with Crippen molar-refractivity contribution in [2.45, 2.75) is 11.8 Å². The molecule has 0 saturated heterocycles. The summed E-state index contributed by atoms with van der Waals surface area (Å²) in [6.45, 7) is 2.01. The highest BCUT2D eigenvalue weighted by Gasteiger charge is 2.08. The van der Waals surface area contributed by atoms with Crippen LogP contribution in [0.3, 0.4) is 0 Å². The van der Waals surface area contributed by atoms with Crippen LogP contribution in [0.15, 0.2) is 53.4 Å². The fraction of sp³-hybridized carbons (Fsp3) is 0.0714. The molecule has 6 nitrogen and oxygen atoms in total. The molecule has 1 unspecified atom stereocenters. The molecule has 1 heterocycles. The maximum absolute atomic E-state index is 10.9. The highest BCUT2D eigenvalue weighted by atomic mass is 32.2. The van der Waals surface area contributed by atoms with Gasteiger partial charge in [-0.2, -0.15) is 0 Å². The van der Waals surface area contributed by atoms with Crippen LogP contribution in [-0.2, 0) is 11.1 Å². The van der Waals surface area contributed by atoms with Gasteiger partial charge in [-0.3, -0.25) is 0 Å². The van der Waals surface area contributed by atoms with Crippen LogP contribution in [0.1, 0.15) is 5.56 Å². The lowest BCUT2D eigenvalue weighted by molar-refractivity contribution is 0.564. The summed E-state index contributed by atoms with van der Waals surface area (Å²) in [5.41, 5.74) is 2.72. The lowest BCUT2D eigenvalue weighted by Crippen LogP contribution is -1.98. The summed E-state index contributed by atoms with van der Waals surface area (Å²) in [7, 11) is 0. The molecule has 106 valence electrons. The average Bonchev–Trinajstić information content (AvgIpc) is 2.98. The van der Waals surface area contributed by atoms with Gasteiger partial charge in [-0.05, 0) is 48.5 Å². The second-order valence-corrected chi connectivity index (χ2v) is 5.48. The summed E-state index contributed by atoms with van der Waals surface area (Å²) in [6, 6.07) is 14.3. The van der Waals surface area contributed by atoms with Crippen LogP contribution < -0.4 is 0 Å². The Morgan fingerprint density at radius 1 is 1.05 bits per heavy atom. The van der Waals surface area contributed by atoms with Crippen molar-refractivity contribution in [3.63, 3.8) is 0 Å². The third-order valence-corrected chi connectivity index (χ3v) is 3.67. The predicted octanol–water partition coefficient (Wildman–Crippen LogP) is 2.22. The van der Waals surface area contributed by atoms with Crippen LogP contribution in [0, 0.1) is 6.92 Å². The second-order valence-electron chi connectivity index (χ2n) is 4.51. The molecule has 0 aliphatic heterocycles. The van der Waals surface area contributed by atoms with Crippen LogP contribution >= 0.6 is 0 Å². The summed E-state index contributed by atoms with van der Waals surface area (Å²) in [5.74, 6) is 0.464. The van der Waals surface area contributed by atoms with E-state index in [0.29, 0.717) is 10.7 Å². The number of tetrazole rings is 1. The van der Waals surface area contributed by atoms with Crippen LogP contribution in [0.5, 0.6) is 0 Å². The van der Waals surface area contributed by atoms with Gasteiger partial charge in [0.05, 0.1) is 10.6 Å². The van der Waals surface area contributed by atoms with Gasteiger partial charge in [0.1, 0.15) is 0 Å². The van der Waals surface area contributed by atoms with E-state index < -0.39 is 11.1 Å². The molecular formula is C14H12N4O2S. The first kappa shape index (κ1) is 13.6. The molecule has 1 aromatic heterocycles. The molecule has 0 radical (unpaired) electrons. The van der Waals surface area contributed by atoms with Gasteiger partial charge in [-0.15, -0.1) is 15.0 Å². The Balaban J connectivity index is 1.90. The van der Waals surface area contributed by atoms with Crippen molar-refractivity contribution in [3.8, 4) is 17.1 Å². The van der Waals surface area contributed by atoms with Gasteiger partial charge in [0.2, 0.25) is 5.82 Å². The van der Waals surface area contributed by atoms with E-state index in [1.165, 1.54) is 4.80 Å². The molecule has 0 aliphatic carbocycles. The molecule has 21 heavy (non-hydrogen) atoms. The van der Waals surface area contributed by atoms with E-state index in [4.69, 9.17) is 4.55 Å². The molecule has 7 heteroatoms. The first-order chi connectivity index (χ1) is 10.1. The standard InChI is InChI=1S/C14H12N4O2S/c1-10-2-6-12(7-3-10)18-16-14(15-17-18)11-4-8-13(9-5-11)21(19)20/h2-9H,1H3,(H,19,20).